The summed E-state index contributed by atoms with van der Waals surface area (Å²) in [4.78, 5) is 23.8. The van der Waals surface area contributed by atoms with Crippen molar-refractivity contribution in [1.82, 2.24) is 0 Å². The van der Waals surface area contributed by atoms with Crippen LogP contribution in [0.2, 0.25) is 0 Å². The van der Waals surface area contributed by atoms with Gasteiger partial charge in [0, 0.05) is 10.0 Å². The SMILES string of the molecule is COc1ccc(C(=O)COC(=O)COc2ccc(Br)cc2)cc1OC. The van der Waals surface area contributed by atoms with Gasteiger partial charge in [0.25, 0.3) is 0 Å². The Balaban J connectivity index is 1.84. The van der Waals surface area contributed by atoms with Gasteiger partial charge in [-0.1, -0.05) is 15.9 Å². The lowest BCUT2D eigenvalue weighted by atomic mass is 10.1. The summed E-state index contributed by atoms with van der Waals surface area (Å²) < 4.78 is 21.4. The summed E-state index contributed by atoms with van der Waals surface area (Å²) in [7, 11) is 2.98. The highest BCUT2D eigenvalue weighted by Crippen LogP contribution is 2.27. The average Bonchev–Trinajstić information content (AvgIpc) is 2.64. The van der Waals surface area contributed by atoms with Crippen LogP contribution in [-0.2, 0) is 9.53 Å². The first-order valence-corrected chi connectivity index (χ1v) is 8.12. The van der Waals surface area contributed by atoms with Crippen molar-refractivity contribution in [1.29, 1.82) is 0 Å². The lowest BCUT2D eigenvalue weighted by Crippen LogP contribution is -2.19. The molecule has 0 fully saturated rings. The third kappa shape index (κ3) is 5.49. The number of halogens is 1. The van der Waals surface area contributed by atoms with Gasteiger partial charge in [-0.15, -0.1) is 0 Å². The van der Waals surface area contributed by atoms with Crippen LogP contribution in [0.5, 0.6) is 17.2 Å². The van der Waals surface area contributed by atoms with Crippen molar-refractivity contribution in [3.8, 4) is 17.2 Å². The quantitative estimate of drug-likeness (QED) is 0.493. The van der Waals surface area contributed by atoms with E-state index in [1.807, 2.05) is 0 Å². The van der Waals surface area contributed by atoms with Crippen LogP contribution in [-0.4, -0.2) is 39.2 Å². The molecule has 0 atom stereocenters. The first-order chi connectivity index (χ1) is 12.0. The summed E-state index contributed by atoms with van der Waals surface area (Å²) >= 11 is 3.31. The topological polar surface area (TPSA) is 71.1 Å². The number of hydrogen-bond acceptors (Lipinski definition) is 6. The van der Waals surface area contributed by atoms with E-state index >= 15 is 0 Å². The maximum atomic E-state index is 12.1. The van der Waals surface area contributed by atoms with Gasteiger partial charge >= 0.3 is 5.97 Å². The number of Topliss-reactive ketones (excluding diaryl/α,β-unsaturated/α-hetero) is 1. The molecular weight excluding hydrogens is 392 g/mol. The summed E-state index contributed by atoms with van der Waals surface area (Å²) in [6.07, 6.45) is 0. The Morgan fingerprint density at radius 1 is 0.920 bits per heavy atom. The minimum atomic E-state index is -0.628. The van der Waals surface area contributed by atoms with Crippen molar-refractivity contribution in [3.05, 3.63) is 52.5 Å². The summed E-state index contributed by atoms with van der Waals surface area (Å²) in [6.45, 7) is -0.654. The standard InChI is InChI=1S/C18H17BrO6/c1-22-16-8-3-12(9-17(16)23-2)15(20)10-25-18(21)11-24-14-6-4-13(19)5-7-14/h3-9H,10-11H2,1-2H3. The van der Waals surface area contributed by atoms with Crippen molar-refractivity contribution in [2.45, 2.75) is 0 Å². The predicted molar refractivity (Wildman–Crippen MR) is 94.5 cm³/mol. The molecule has 0 bridgehead atoms. The van der Waals surface area contributed by atoms with Gasteiger partial charge in [0.2, 0.25) is 0 Å². The van der Waals surface area contributed by atoms with E-state index < -0.39 is 5.97 Å². The third-order valence-corrected chi connectivity index (χ3v) is 3.77. The van der Waals surface area contributed by atoms with Gasteiger partial charge in [0.05, 0.1) is 14.2 Å². The second-order valence-corrected chi connectivity index (χ2v) is 5.81. The summed E-state index contributed by atoms with van der Waals surface area (Å²) in [5.74, 6) is 0.498. The van der Waals surface area contributed by atoms with Crippen LogP contribution in [0.4, 0.5) is 0 Å². The molecule has 0 radical (unpaired) electrons. The fourth-order valence-electron chi connectivity index (χ4n) is 1.95. The van der Waals surface area contributed by atoms with Gasteiger partial charge in [-0.2, -0.15) is 0 Å². The molecule has 0 saturated carbocycles. The van der Waals surface area contributed by atoms with Gasteiger partial charge < -0.3 is 18.9 Å². The molecule has 2 aromatic rings. The molecule has 0 amide bonds. The molecule has 2 aromatic carbocycles. The van der Waals surface area contributed by atoms with Gasteiger partial charge in [-0.3, -0.25) is 4.79 Å². The second-order valence-electron chi connectivity index (χ2n) is 4.90. The molecule has 0 unspecified atom stereocenters. The van der Waals surface area contributed by atoms with E-state index in [4.69, 9.17) is 18.9 Å². The Hall–Kier alpha value is -2.54. The molecule has 2 rings (SSSR count). The number of carbonyl (C=O) groups excluding carboxylic acids is 2. The van der Waals surface area contributed by atoms with Gasteiger partial charge in [-0.05, 0) is 42.5 Å². The summed E-state index contributed by atoms with van der Waals surface area (Å²) in [5, 5.41) is 0. The number of carbonyl (C=O) groups is 2. The molecule has 132 valence electrons. The van der Waals surface area contributed by atoms with E-state index in [1.165, 1.54) is 20.3 Å². The van der Waals surface area contributed by atoms with Crippen molar-refractivity contribution >= 4 is 27.7 Å². The van der Waals surface area contributed by atoms with Gasteiger partial charge in [0.1, 0.15) is 5.75 Å². The number of rotatable bonds is 8. The highest BCUT2D eigenvalue weighted by Gasteiger charge is 2.13. The molecule has 0 N–H and O–H groups in total. The zero-order valence-corrected chi connectivity index (χ0v) is 15.4. The van der Waals surface area contributed by atoms with E-state index in [0.717, 1.165) is 4.47 Å². The normalized spacial score (nSPS) is 10.0. The minimum Gasteiger partial charge on any atom is -0.493 e. The molecule has 0 aliphatic heterocycles. The zero-order chi connectivity index (χ0) is 18.2. The fraction of sp³-hybridized carbons (Fsp3) is 0.222. The highest BCUT2D eigenvalue weighted by atomic mass is 79.9. The molecule has 0 heterocycles. The minimum absolute atomic E-state index is 0.277. The lowest BCUT2D eigenvalue weighted by molar-refractivity contribution is -0.144. The van der Waals surface area contributed by atoms with Crippen LogP contribution >= 0.6 is 15.9 Å². The largest absolute Gasteiger partial charge is 0.493 e. The van der Waals surface area contributed by atoms with Crippen molar-refractivity contribution < 1.29 is 28.5 Å². The summed E-state index contributed by atoms with van der Waals surface area (Å²) in [5.41, 5.74) is 0.360. The zero-order valence-electron chi connectivity index (χ0n) is 13.8. The van der Waals surface area contributed by atoms with E-state index in [-0.39, 0.29) is 19.0 Å². The molecule has 0 aliphatic carbocycles. The van der Waals surface area contributed by atoms with Gasteiger partial charge in [-0.25, -0.2) is 4.79 Å². The Bertz CT molecular complexity index is 742. The smallest absolute Gasteiger partial charge is 0.344 e. The molecule has 25 heavy (non-hydrogen) atoms. The Kier molecular flexibility index (Phi) is 6.82. The Morgan fingerprint density at radius 3 is 2.24 bits per heavy atom. The van der Waals surface area contributed by atoms with Crippen molar-refractivity contribution in [2.75, 3.05) is 27.4 Å². The Morgan fingerprint density at radius 2 is 1.60 bits per heavy atom. The van der Waals surface area contributed by atoms with Crippen LogP contribution in [0.15, 0.2) is 46.9 Å². The molecule has 6 nitrogen and oxygen atoms in total. The Labute approximate surface area is 153 Å². The first kappa shape index (κ1) is 18.8. The van der Waals surface area contributed by atoms with E-state index in [1.54, 1.807) is 36.4 Å². The number of methoxy groups -OCH3 is 2. The lowest BCUT2D eigenvalue weighted by Gasteiger charge is -2.10. The number of ketones is 1. The number of hydrogen-bond donors (Lipinski definition) is 0. The van der Waals surface area contributed by atoms with Crippen LogP contribution < -0.4 is 14.2 Å². The summed E-state index contributed by atoms with van der Waals surface area (Å²) in [6, 6.07) is 11.7. The third-order valence-electron chi connectivity index (χ3n) is 3.24. The maximum Gasteiger partial charge on any atom is 0.344 e. The van der Waals surface area contributed by atoms with Gasteiger partial charge in [0.15, 0.2) is 30.5 Å². The maximum absolute atomic E-state index is 12.1. The monoisotopic (exact) mass is 408 g/mol. The van der Waals surface area contributed by atoms with E-state index in [2.05, 4.69) is 15.9 Å². The van der Waals surface area contributed by atoms with Crippen molar-refractivity contribution in [3.63, 3.8) is 0 Å². The number of ether oxygens (including phenoxy) is 4. The van der Waals surface area contributed by atoms with E-state index in [0.29, 0.717) is 22.8 Å². The molecule has 0 saturated heterocycles. The van der Waals surface area contributed by atoms with Crippen LogP contribution in [0, 0.1) is 0 Å². The van der Waals surface area contributed by atoms with Crippen molar-refractivity contribution in [2.24, 2.45) is 0 Å². The molecule has 0 aromatic heterocycles. The molecule has 7 heteroatoms. The van der Waals surface area contributed by atoms with E-state index in [9.17, 15) is 9.59 Å². The second kappa shape index (κ2) is 9.08. The molecule has 0 aliphatic rings. The van der Waals surface area contributed by atoms with Crippen LogP contribution in [0.25, 0.3) is 0 Å². The molecular formula is C18H17BrO6. The van der Waals surface area contributed by atoms with Crippen LogP contribution in [0.3, 0.4) is 0 Å². The highest BCUT2D eigenvalue weighted by molar-refractivity contribution is 9.10. The average molecular weight is 409 g/mol. The fourth-order valence-corrected chi connectivity index (χ4v) is 2.22. The predicted octanol–water partition coefficient (Wildman–Crippen LogP) is 3.27. The first-order valence-electron chi connectivity index (χ1n) is 7.32. The molecule has 0 spiro atoms. The number of benzene rings is 2. The number of esters is 1. The van der Waals surface area contributed by atoms with Crippen LogP contribution in [0.1, 0.15) is 10.4 Å².